The Bertz CT molecular complexity index is 1110. The number of piperazine rings is 1. The number of nitrogens with one attached hydrogen (secondary N) is 1. The van der Waals surface area contributed by atoms with Crippen molar-refractivity contribution in [3.05, 3.63) is 36.3 Å². The summed E-state index contributed by atoms with van der Waals surface area (Å²) >= 11 is 0. The lowest BCUT2D eigenvalue weighted by Gasteiger charge is -2.37. The Morgan fingerprint density at radius 3 is 2.36 bits per heavy atom. The van der Waals surface area contributed by atoms with E-state index < -0.39 is 0 Å². The highest BCUT2D eigenvalue weighted by Crippen LogP contribution is 2.27. The highest BCUT2D eigenvalue weighted by molar-refractivity contribution is 5.88. The lowest BCUT2D eigenvalue weighted by Crippen LogP contribution is -2.55. The highest BCUT2D eigenvalue weighted by atomic mass is 16.5. The average molecular weight is 454 g/mol. The molecule has 0 atom stereocenters. The van der Waals surface area contributed by atoms with Crippen LogP contribution in [0.1, 0.15) is 26.6 Å². The summed E-state index contributed by atoms with van der Waals surface area (Å²) in [6.45, 7) is 8.81. The summed E-state index contributed by atoms with van der Waals surface area (Å²) < 4.78 is 12.4. The fraction of sp³-hybridized carbons (Fsp3) is 0.478. The second-order valence-corrected chi connectivity index (χ2v) is 9.04. The molecule has 33 heavy (non-hydrogen) atoms. The van der Waals surface area contributed by atoms with E-state index in [1.807, 2.05) is 49.9 Å². The fourth-order valence-electron chi connectivity index (χ4n) is 3.81. The van der Waals surface area contributed by atoms with Gasteiger partial charge in [0.2, 0.25) is 0 Å². The molecule has 4 rings (SSSR count). The number of anilines is 1. The predicted octanol–water partition coefficient (Wildman–Crippen LogP) is 2.60. The zero-order valence-corrected chi connectivity index (χ0v) is 19.8. The van der Waals surface area contributed by atoms with Crippen LogP contribution in [0.5, 0.6) is 5.75 Å². The number of methoxy groups -OCH3 is 2. The molecule has 3 heterocycles. The van der Waals surface area contributed by atoms with Crippen molar-refractivity contribution in [3.63, 3.8) is 0 Å². The van der Waals surface area contributed by atoms with E-state index in [4.69, 9.17) is 19.4 Å². The molecule has 0 aliphatic carbocycles. The molecule has 2 amide bonds. The lowest BCUT2D eigenvalue weighted by molar-refractivity contribution is 0.178. The Kier molecular flexibility index (Phi) is 6.37. The first-order valence-corrected chi connectivity index (χ1v) is 11.0. The maximum Gasteiger partial charge on any atom is 0.317 e. The smallest absolute Gasteiger partial charge is 0.317 e. The first-order valence-electron chi connectivity index (χ1n) is 11.0. The van der Waals surface area contributed by atoms with Crippen molar-refractivity contribution >= 4 is 22.9 Å². The van der Waals surface area contributed by atoms with Crippen LogP contribution in [0.25, 0.3) is 16.7 Å². The van der Waals surface area contributed by atoms with Gasteiger partial charge in [0.15, 0.2) is 11.5 Å². The molecule has 1 aliphatic rings. The largest absolute Gasteiger partial charge is 0.497 e. The summed E-state index contributed by atoms with van der Waals surface area (Å²) in [5.41, 5.74) is 1.32. The van der Waals surface area contributed by atoms with E-state index in [9.17, 15) is 4.79 Å². The number of carbonyl (C=O) groups is 1. The number of nitrogens with zero attached hydrogens (tertiary/aromatic N) is 6. The van der Waals surface area contributed by atoms with E-state index >= 15 is 0 Å². The Balaban J connectivity index is 1.62. The van der Waals surface area contributed by atoms with Gasteiger partial charge in [-0.1, -0.05) is 0 Å². The van der Waals surface area contributed by atoms with Gasteiger partial charge in [-0.2, -0.15) is 5.10 Å². The van der Waals surface area contributed by atoms with Crippen molar-refractivity contribution in [3.8, 4) is 11.4 Å². The Morgan fingerprint density at radius 2 is 1.76 bits per heavy atom. The van der Waals surface area contributed by atoms with Crippen molar-refractivity contribution in [1.29, 1.82) is 0 Å². The topological polar surface area (TPSA) is 97.6 Å². The molecule has 0 spiro atoms. The number of benzene rings is 1. The zero-order chi connectivity index (χ0) is 23.6. The number of amides is 2. The molecule has 0 saturated carbocycles. The number of carbonyl (C=O) groups excluding carboxylic acids is 1. The number of urea groups is 1. The number of aromatic nitrogens is 4. The van der Waals surface area contributed by atoms with Crippen LogP contribution >= 0.6 is 0 Å². The molecule has 10 heteroatoms. The molecule has 3 aromatic rings. The molecule has 0 unspecified atom stereocenters. The van der Waals surface area contributed by atoms with Gasteiger partial charge in [0.25, 0.3) is 0 Å². The van der Waals surface area contributed by atoms with E-state index in [1.165, 1.54) is 0 Å². The molecule has 1 aliphatic heterocycles. The maximum atomic E-state index is 12.5. The average Bonchev–Trinajstić information content (AvgIpc) is 3.22. The van der Waals surface area contributed by atoms with Crippen molar-refractivity contribution in [2.75, 3.05) is 45.3 Å². The Labute approximate surface area is 193 Å². The third-order valence-corrected chi connectivity index (χ3v) is 5.39. The molecule has 176 valence electrons. The number of hydrogen-bond acceptors (Lipinski definition) is 7. The summed E-state index contributed by atoms with van der Waals surface area (Å²) in [6.07, 6.45) is 1.80. The minimum Gasteiger partial charge on any atom is -0.497 e. The number of rotatable bonds is 5. The first-order chi connectivity index (χ1) is 15.8. The third-order valence-electron chi connectivity index (χ3n) is 5.39. The van der Waals surface area contributed by atoms with Gasteiger partial charge in [0, 0.05) is 38.8 Å². The molecule has 0 bridgehead atoms. The second-order valence-electron chi connectivity index (χ2n) is 9.04. The molecule has 2 aromatic heterocycles. The number of fused-ring (bicyclic) bond motifs is 1. The highest BCUT2D eigenvalue weighted by Gasteiger charge is 2.26. The van der Waals surface area contributed by atoms with Crippen molar-refractivity contribution in [2.45, 2.75) is 32.9 Å². The molecule has 1 fully saturated rings. The van der Waals surface area contributed by atoms with E-state index in [-0.39, 0.29) is 11.6 Å². The van der Waals surface area contributed by atoms with Crippen LogP contribution in [-0.2, 0) is 11.3 Å². The van der Waals surface area contributed by atoms with Gasteiger partial charge in [-0.15, -0.1) is 0 Å². The zero-order valence-electron chi connectivity index (χ0n) is 19.8. The van der Waals surface area contributed by atoms with Crippen molar-refractivity contribution < 1.29 is 14.3 Å². The van der Waals surface area contributed by atoms with Crippen LogP contribution in [0, 0.1) is 0 Å². The monoisotopic (exact) mass is 453 g/mol. The number of ether oxygens (including phenoxy) is 2. The molecule has 10 nitrogen and oxygen atoms in total. The Hall–Kier alpha value is -3.40. The third kappa shape index (κ3) is 5.00. The summed E-state index contributed by atoms with van der Waals surface area (Å²) in [5, 5.41) is 8.48. The van der Waals surface area contributed by atoms with Gasteiger partial charge in [-0.3, -0.25) is 0 Å². The van der Waals surface area contributed by atoms with Crippen LogP contribution < -0.4 is 15.0 Å². The molecule has 1 saturated heterocycles. The minimum absolute atomic E-state index is 0.0395. The quantitative estimate of drug-likeness (QED) is 0.634. The Morgan fingerprint density at radius 1 is 1.06 bits per heavy atom. The van der Waals surface area contributed by atoms with Crippen LogP contribution in [0.3, 0.4) is 0 Å². The molecule has 0 radical (unpaired) electrons. The minimum atomic E-state index is -0.266. The first kappa shape index (κ1) is 22.8. The van der Waals surface area contributed by atoms with Gasteiger partial charge >= 0.3 is 6.03 Å². The standard InChI is InChI=1S/C23H31N7O3/c1-23(2,3)27-22(31)29-12-10-28(11-13-29)20-18-14-24-30(16-6-8-17(33-5)9-7-16)21(18)26-19(25-20)15-32-4/h6-9,14H,10-13,15H2,1-5H3,(H,27,31). The van der Waals surface area contributed by atoms with Crippen LogP contribution in [0.2, 0.25) is 0 Å². The normalized spacial score (nSPS) is 14.6. The second kappa shape index (κ2) is 9.22. The lowest BCUT2D eigenvalue weighted by atomic mass is 10.1. The van der Waals surface area contributed by atoms with Gasteiger partial charge in [-0.25, -0.2) is 19.4 Å². The molecule has 1 aromatic carbocycles. The van der Waals surface area contributed by atoms with Gasteiger partial charge in [0.05, 0.1) is 24.4 Å². The van der Waals surface area contributed by atoms with E-state index in [1.54, 1.807) is 25.1 Å². The van der Waals surface area contributed by atoms with Crippen LogP contribution in [0.15, 0.2) is 30.5 Å². The van der Waals surface area contributed by atoms with Crippen LogP contribution in [0.4, 0.5) is 10.6 Å². The predicted molar refractivity (Wildman–Crippen MR) is 126 cm³/mol. The molecular weight excluding hydrogens is 422 g/mol. The van der Waals surface area contributed by atoms with Crippen LogP contribution in [-0.4, -0.2) is 76.6 Å². The summed E-state index contributed by atoms with van der Waals surface area (Å²) in [6, 6.07) is 7.62. The van der Waals surface area contributed by atoms with E-state index in [0.717, 1.165) is 22.6 Å². The number of hydrogen-bond donors (Lipinski definition) is 1. The fourth-order valence-corrected chi connectivity index (χ4v) is 3.81. The van der Waals surface area contributed by atoms with E-state index in [2.05, 4.69) is 15.3 Å². The van der Waals surface area contributed by atoms with Crippen molar-refractivity contribution in [2.24, 2.45) is 0 Å². The van der Waals surface area contributed by atoms with E-state index in [0.29, 0.717) is 44.3 Å². The molecular formula is C23H31N7O3. The summed E-state index contributed by atoms with van der Waals surface area (Å²) in [5.74, 6) is 2.17. The van der Waals surface area contributed by atoms with Gasteiger partial charge in [0.1, 0.15) is 18.2 Å². The van der Waals surface area contributed by atoms with Gasteiger partial charge < -0.3 is 24.6 Å². The summed E-state index contributed by atoms with van der Waals surface area (Å²) in [7, 11) is 3.27. The molecule has 1 N–H and O–H groups in total. The van der Waals surface area contributed by atoms with Crippen molar-refractivity contribution in [1.82, 2.24) is 30.0 Å². The van der Waals surface area contributed by atoms with Gasteiger partial charge in [-0.05, 0) is 45.0 Å². The summed E-state index contributed by atoms with van der Waals surface area (Å²) in [4.78, 5) is 26.1. The maximum absolute atomic E-state index is 12.5. The SMILES string of the molecule is COCc1nc(N2CCN(C(=O)NC(C)(C)C)CC2)c2cnn(-c3ccc(OC)cc3)c2n1.